The number of benzene rings is 2. The third-order valence-electron chi connectivity index (χ3n) is 3.71. The summed E-state index contributed by atoms with van der Waals surface area (Å²) in [6, 6.07) is 16.7. The van der Waals surface area contributed by atoms with Gasteiger partial charge in [-0.05, 0) is 12.5 Å². The van der Waals surface area contributed by atoms with Gasteiger partial charge < -0.3 is 0 Å². The first-order valence-electron chi connectivity index (χ1n) is 7.17. The van der Waals surface area contributed by atoms with Gasteiger partial charge in [0.15, 0.2) is 11.6 Å². The Morgan fingerprint density at radius 1 is 1.09 bits per heavy atom. The molecule has 0 fully saturated rings. The Bertz CT molecular complexity index is 699. The molecule has 1 aliphatic heterocycles. The second-order valence-electron chi connectivity index (χ2n) is 5.30. The second-order valence-corrected chi connectivity index (χ2v) is 7.17. The summed E-state index contributed by atoms with van der Waals surface area (Å²) in [4.78, 5) is 25.6. The summed E-state index contributed by atoms with van der Waals surface area (Å²) in [6.07, 6.45) is 0.901. The van der Waals surface area contributed by atoms with E-state index in [2.05, 4.69) is 0 Å². The van der Waals surface area contributed by atoms with Crippen molar-refractivity contribution in [2.75, 3.05) is 0 Å². The standard InChI is InChI=1S/C18H15ClO2S/c19-15-10-13(11-16(20)12-6-2-1-3-7-12)22-17-9-5-4-8-14(17)18(15)21/h1-9,13,15H,10-11H2. The summed E-state index contributed by atoms with van der Waals surface area (Å²) in [5.74, 6) is 0.0493. The SMILES string of the molecule is O=C(CC1CC(Cl)C(=O)c2ccccc2S1)c1ccccc1. The smallest absolute Gasteiger partial charge is 0.181 e. The Hall–Kier alpha value is -1.58. The third kappa shape index (κ3) is 3.26. The molecule has 2 unspecified atom stereocenters. The van der Waals surface area contributed by atoms with E-state index in [1.807, 2.05) is 48.5 Å². The minimum absolute atomic E-state index is 0.0165. The van der Waals surface area contributed by atoms with Crippen LogP contribution in [0.3, 0.4) is 0 Å². The van der Waals surface area contributed by atoms with Crippen LogP contribution in [0.2, 0.25) is 0 Å². The molecule has 2 nitrogen and oxygen atoms in total. The predicted octanol–water partition coefficient (Wildman–Crippen LogP) is 4.61. The van der Waals surface area contributed by atoms with Crippen LogP contribution in [-0.2, 0) is 0 Å². The van der Waals surface area contributed by atoms with E-state index in [1.54, 1.807) is 17.8 Å². The van der Waals surface area contributed by atoms with E-state index < -0.39 is 5.38 Å². The van der Waals surface area contributed by atoms with E-state index >= 15 is 0 Å². The summed E-state index contributed by atoms with van der Waals surface area (Å²) < 4.78 is 0. The van der Waals surface area contributed by atoms with Crippen LogP contribution in [-0.4, -0.2) is 22.2 Å². The fourth-order valence-electron chi connectivity index (χ4n) is 2.58. The van der Waals surface area contributed by atoms with Crippen molar-refractivity contribution < 1.29 is 9.59 Å². The Kier molecular flexibility index (Phi) is 4.65. The Balaban J connectivity index is 1.81. The van der Waals surface area contributed by atoms with E-state index in [9.17, 15) is 9.59 Å². The van der Waals surface area contributed by atoms with Gasteiger partial charge in [0.05, 0.1) is 5.38 Å². The van der Waals surface area contributed by atoms with Gasteiger partial charge in [-0.3, -0.25) is 9.59 Å². The average Bonchev–Trinajstić information content (AvgIpc) is 2.66. The van der Waals surface area contributed by atoms with Gasteiger partial charge in [-0.15, -0.1) is 23.4 Å². The first kappa shape index (κ1) is 15.3. The largest absolute Gasteiger partial charge is 0.294 e. The van der Waals surface area contributed by atoms with Gasteiger partial charge in [0.2, 0.25) is 0 Å². The van der Waals surface area contributed by atoms with Crippen LogP contribution < -0.4 is 0 Å². The van der Waals surface area contributed by atoms with E-state index in [4.69, 9.17) is 11.6 Å². The number of ketones is 2. The molecule has 2 aromatic carbocycles. The van der Waals surface area contributed by atoms with E-state index in [1.165, 1.54) is 0 Å². The second kappa shape index (κ2) is 6.67. The molecule has 0 spiro atoms. The molecule has 0 aromatic heterocycles. The quantitative estimate of drug-likeness (QED) is 0.608. The van der Waals surface area contributed by atoms with Gasteiger partial charge in [0.25, 0.3) is 0 Å². The Morgan fingerprint density at radius 3 is 2.55 bits per heavy atom. The van der Waals surface area contributed by atoms with Crippen LogP contribution in [0, 0.1) is 0 Å². The van der Waals surface area contributed by atoms with Gasteiger partial charge in [0.1, 0.15) is 0 Å². The molecule has 3 rings (SSSR count). The van der Waals surface area contributed by atoms with Crippen molar-refractivity contribution in [2.45, 2.75) is 28.4 Å². The first-order valence-corrected chi connectivity index (χ1v) is 8.49. The summed E-state index contributed by atoms with van der Waals surface area (Å²) in [7, 11) is 0. The molecule has 1 aliphatic rings. The maximum atomic E-state index is 12.4. The molecule has 2 aromatic rings. The lowest BCUT2D eigenvalue weighted by Crippen LogP contribution is -2.19. The molecular formula is C18H15ClO2S. The van der Waals surface area contributed by atoms with Crippen LogP contribution in [0.25, 0.3) is 0 Å². The maximum Gasteiger partial charge on any atom is 0.181 e. The van der Waals surface area contributed by atoms with Crippen molar-refractivity contribution in [2.24, 2.45) is 0 Å². The molecule has 22 heavy (non-hydrogen) atoms. The van der Waals surface area contributed by atoms with Gasteiger partial charge in [-0.2, -0.15) is 0 Å². The monoisotopic (exact) mass is 330 g/mol. The molecule has 1 heterocycles. The molecule has 112 valence electrons. The minimum Gasteiger partial charge on any atom is -0.294 e. The number of thioether (sulfide) groups is 1. The lowest BCUT2D eigenvalue weighted by molar-refractivity contribution is 0.0960. The van der Waals surface area contributed by atoms with Crippen LogP contribution in [0.1, 0.15) is 33.6 Å². The summed E-state index contributed by atoms with van der Waals surface area (Å²) in [5, 5.41) is -0.549. The lowest BCUT2D eigenvalue weighted by Gasteiger charge is -2.14. The van der Waals surface area contributed by atoms with Crippen LogP contribution >= 0.6 is 23.4 Å². The highest BCUT2D eigenvalue weighted by Crippen LogP contribution is 2.37. The number of hydrogen-bond acceptors (Lipinski definition) is 3. The Labute approximate surface area is 138 Å². The van der Waals surface area contributed by atoms with Crippen LogP contribution in [0.5, 0.6) is 0 Å². The maximum absolute atomic E-state index is 12.4. The number of alkyl halides is 1. The van der Waals surface area contributed by atoms with Gasteiger partial charge >= 0.3 is 0 Å². The normalized spacial score (nSPS) is 21.0. The highest BCUT2D eigenvalue weighted by molar-refractivity contribution is 8.00. The predicted molar refractivity (Wildman–Crippen MR) is 90.1 cm³/mol. The zero-order valence-corrected chi connectivity index (χ0v) is 13.4. The molecule has 0 N–H and O–H groups in total. The van der Waals surface area contributed by atoms with Crippen molar-refractivity contribution in [1.29, 1.82) is 0 Å². The first-order chi connectivity index (χ1) is 10.6. The summed E-state index contributed by atoms with van der Waals surface area (Å²) in [5.41, 5.74) is 1.38. The molecule has 0 bridgehead atoms. The number of carbonyl (C=O) groups is 2. The van der Waals surface area contributed by atoms with E-state index in [0.29, 0.717) is 24.0 Å². The molecule has 0 saturated carbocycles. The van der Waals surface area contributed by atoms with E-state index in [0.717, 1.165) is 4.90 Å². The fourth-order valence-corrected chi connectivity index (χ4v) is 4.35. The van der Waals surface area contributed by atoms with Crippen molar-refractivity contribution in [3.63, 3.8) is 0 Å². The number of halogens is 1. The highest BCUT2D eigenvalue weighted by atomic mass is 35.5. The zero-order chi connectivity index (χ0) is 15.5. The lowest BCUT2D eigenvalue weighted by atomic mass is 10.0. The van der Waals surface area contributed by atoms with Gasteiger partial charge in [-0.1, -0.05) is 48.5 Å². The van der Waals surface area contributed by atoms with Gasteiger partial charge in [0, 0.05) is 27.7 Å². The third-order valence-corrected chi connectivity index (χ3v) is 5.39. The summed E-state index contributed by atoms with van der Waals surface area (Å²) >= 11 is 7.83. The zero-order valence-electron chi connectivity index (χ0n) is 11.9. The van der Waals surface area contributed by atoms with E-state index in [-0.39, 0.29) is 16.8 Å². The van der Waals surface area contributed by atoms with Crippen LogP contribution in [0.4, 0.5) is 0 Å². The number of fused-ring (bicyclic) bond motifs is 1. The average molecular weight is 331 g/mol. The van der Waals surface area contributed by atoms with Crippen molar-refractivity contribution in [1.82, 2.24) is 0 Å². The number of carbonyl (C=O) groups excluding carboxylic acids is 2. The Morgan fingerprint density at radius 2 is 1.77 bits per heavy atom. The molecule has 0 aliphatic carbocycles. The van der Waals surface area contributed by atoms with Crippen molar-refractivity contribution in [3.05, 3.63) is 65.7 Å². The topological polar surface area (TPSA) is 34.1 Å². The molecule has 0 amide bonds. The van der Waals surface area contributed by atoms with Crippen molar-refractivity contribution >= 4 is 34.9 Å². The number of hydrogen-bond donors (Lipinski definition) is 0. The molecule has 2 atom stereocenters. The van der Waals surface area contributed by atoms with Crippen molar-refractivity contribution in [3.8, 4) is 0 Å². The number of rotatable bonds is 3. The highest BCUT2D eigenvalue weighted by Gasteiger charge is 2.30. The van der Waals surface area contributed by atoms with Crippen LogP contribution in [0.15, 0.2) is 59.5 Å². The minimum atomic E-state index is -0.565. The molecule has 0 radical (unpaired) electrons. The molecular weight excluding hydrogens is 316 g/mol. The fraction of sp³-hybridized carbons (Fsp3) is 0.222. The van der Waals surface area contributed by atoms with Gasteiger partial charge in [-0.25, -0.2) is 0 Å². The molecule has 0 saturated heterocycles. The summed E-state index contributed by atoms with van der Waals surface area (Å²) in [6.45, 7) is 0. The molecule has 4 heteroatoms. The number of Topliss-reactive ketones (excluding diaryl/α,β-unsaturated/α-hetero) is 2.